The number of carboxylic acids is 1. The lowest BCUT2D eigenvalue weighted by Gasteiger charge is -2.65. The predicted octanol–water partition coefficient (Wildman–Crippen LogP) is 2.33. The molecule has 4 atom stereocenters. The lowest BCUT2D eigenvalue weighted by atomic mass is 9.41. The monoisotopic (exact) mass is 265 g/mol. The molecule has 0 heterocycles. The summed E-state index contributed by atoms with van der Waals surface area (Å²) < 4.78 is 0. The highest BCUT2D eigenvalue weighted by Gasteiger charge is 2.65. The van der Waals surface area contributed by atoms with Crippen LogP contribution >= 0.6 is 0 Å². The third kappa shape index (κ3) is 1.79. The lowest BCUT2D eigenvalue weighted by molar-refractivity contribution is -0.182. The molecular formula is C15H23NO3. The highest BCUT2D eigenvalue weighted by atomic mass is 16.4. The molecule has 4 heteroatoms. The summed E-state index contributed by atoms with van der Waals surface area (Å²) in [5.41, 5.74) is -0.697. The summed E-state index contributed by atoms with van der Waals surface area (Å²) in [6.07, 6.45) is 6.38. The number of amides is 1. The first kappa shape index (κ1) is 12.9. The van der Waals surface area contributed by atoms with Crippen molar-refractivity contribution in [3.63, 3.8) is 0 Å². The zero-order valence-electron chi connectivity index (χ0n) is 11.8. The van der Waals surface area contributed by atoms with Crippen molar-refractivity contribution in [3.8, 4) is 0 Å². The molecule has 106 valence electrons. The van der Waals surface area contributed by atoms with Gasteiger partial charge in [0.1, 0.15) is 0 Å². The van der Waals surface area contributed by atoms with E-state index in [0.717, 1.165) is 38.5 Å². The van der Waals surface area contributed by atoms with E-state index in [9.17, 15) is 14.7 Å². The Kier molecular flexibility index (Phi) is 2.55. The Morgan fingerprint density at radius 1 is 1.21 bits per heavy atom. The average Bonchev–Trinajstić information content (AvgIpc) is 2.25. The Hall–Kier alpha value is -1.06. The molecule has 0 radical (unpaired) electrons. The van der Waals surface area contributed by atoms with Gasteiger partial charge in [-0.1, -0.05) is 13.3 Å². The first-order valence-electron chi connectivity index (χ1n) is 7.35. The number of carbonyl (C=O) groups excluding carboxylic acids is 1. The van der Waals surface area contributed by atoms with Gasteiger partial charge in [0.2, 0.25) is 5.91 Å². The highest BCUT2D eigenvalue weighted by Crippen LogP contribution is 2.67. The molecule has 0 spiro atoms. The van der Waals surface area contributed by atoms with Crippen molar-refractivity contribution in [3.05, 3.63) is 0 Å². The van der Waals surface area contributed by atoms with Crippen LogP contribution in [-0.2, 0) is 9.59 Å². The van der Waals surface area contributed by atoms with Crippen LogP contribution in [0, 0.1) is 16.7 Å². The van der Waals surface area contributed by atoms with Crippen LogP contribution in [-0.4, -0.2) is 22.5 Å². The second kappa shape index (κ2) is 3.74. The largest absolute Gasteiger partial charge is 0.481 e. The fourth-order valence-electron chi connectivity index (χ4n) is 5.78. The molecule has 4 aliphatic rings. The van der Waals surface area contributed by atoms with Gasteiger partial charge in [0, 0.05) is 12.5 Å². The van der Waals surface area contributed by atoms with Gasteiger partial charge in [-0.05, 0) is 49.9 Å². The Labute approximate surface area is 113 Å². The van der Waals surface area contributed by atoms with Gasteiger partial charge in [-0.15, -0.1) is 0 Å². The van der Waals surface area contributed by atoms with Crippen LogP contribution in [0.25, 0.3) is 0 Å². The molecule has 4 saturated carbocycles. The molecule has 4 fully saturated rings. The van der Waals surface area contributed by atoms with Crippen LogP contribution in [0.1, 0.15) is 58.8 Å². The average molecular weight is 265 g/mol. The van der Waals surface area contributed by atoms with Gasteiger partial charge in [0.05, 0.1) is 5.41 Å². The zero-order valence-corrected chi connectivity index (χ0v) is 11.8. The molecule has 4 nitrogen and oxygen atoms in total. The van der Waals surface area contributed by atoms with Crippen LogP contribution < -0.4 is 5.32 Å². The molecule has 0 aliphatic heterocycles. The minimum Gasteiger partial charge on any atom is -0.481 e. The molecule has 0 saturated heterocycles. The number of hydrogen-bond acceptors (Lipinski definition) is 2. The van der Waals surface area contributed by atoms with Crippen molar-refractivity contribution in [1.29, 1.82) is 0 Å². The third-order valence-corrected chi connectivity index (χ3v) is 5.83. The number of carbonyl (C=O) groups is 2. The topological polar surface area (TPSA) is 66.4 Å². The van der Waals surface area contributed by atoms with E-state index in [1.807, 2.05) is 0 Å². The summed E-state index contributed by atoms with van der Waals surface area (Å²) in [4.78, 5) is 23.4. The minimum atomic E-state index is -0.649. The van der Waals surface area contributed by atoms with E-state index < -0.39 is 11.4 Å². The number of carboxylic acid groups (broad SMARTS) is 1. The van der Waals surface area contributed by atoms with Gasteiger partial charge < -0.3 is 10.4 Å². The standard InChI is InChI=1S/C15H23NO3/c1-3-13-4-11-5-14(7-13,12(18)19)9-15(6-11,8-13)16-10(2)17/h11H,3-9H2,1-2H3,(H,16,17)(H,18,19)/t11-,13+,14+,15-/m0/s1. The van der Waals surface area contributed by atoms with Gasteiger partial charge in [-0.3, -0.25) is 9.59 Å². The first-order chi connectivity index (χ1) is 8.83. The number of nitrogens with one attached hydrogen (secondary N) is 1. The molecule has 4 rings (SSSR count). The van der Waals surface area contributed by atoms with Gasteiger partial charge in [-0.25, -0.2) is 0 Å². The summed E-state index contributed by atoms with van der Waals surface area (Å²) in [5, 5.41) is 12.8. The Bertz CT molecular complexity index is 449. The van der Waals surface area contributed by atoms with Crippen molar-refractivity contribution < 1.29 is 14.7 Å². The fraction of sp³-hybridized carbons (Fsp3) is 0.867. The predicted molar refractivity (Wildman–Crippen MR) is 70.5 cm³/mol. The molecule has 0 aromatic heterocycles. The van der Waals surface area contributed by atoms with E-state index in [0.29, 0.717) is 12.3 Å². The number of aliphatic carboxylic acids is 1. The molecule has 0 aromatic rings. The molecular weight excluding hydrogens is 242 g/mol. The third-order valence-electron chi connectivity index (χ3n) is 5.83. The van der Waals surface area contributed by atoms with E-state index >= 15 is 0 Å². The normalized spacial score (nSPS) is 47.2. The van der Waals surface area contributed by atoms with Gasteiger partial charge in [-0.2, -0.15) is 0 Å². The second-order valence-corrected chi connectivity index (χ2v) is 7.41. The quantitative estimate of drug-likeness (QED) is 0.823. The van der Waals surface area contributed by atoms with E-state index in [2.05, 4.69) is 12.2 Å². The van der Waals surface area contributed by atoms with Crippen LogP contribution in [0.5, 0.6) is 0 Å². The van der Waals surface area contributed by atoms with Crippen LogP contribution in [0.3, 0.4) is 0 Å². The molecule has 0 aromatic carbocycles. The van der Waals surface area contributed by atoms with Crippen LogP contribution in [0.2, 0.25) is 0 Å². The SMILES string of the molecule is CC[C@]12C[C@@H]3C[C@](NC(C)=O)(C1)C[C@@](C(=O)O)(C3)C2. The van der Waals surface area contributed by atoms with Crippen LogP contribution in [0.15, 0.2) is 0 Å². The molecule has 2 N–H and O–H groups in total. The maximum Gasteiger partial charge on any atom is 0.309 e. The molecule has 4 aliphatic carbocycles. The smallest absolute Gasteiger partial charge is 0.309 e. The first-order valence-corrected chi connectivity index (χ1v) is 7.35. The van der Waals surface area contributed by atoms with Gasteiger partial charge in [0.25, 0.3) is 0 Å². The van der Waals surface area contributed by atoms with Crippen molar-refractivity contribution >= 4 is 11.9 Å². The zero-order chi connectivity index (χ0) is 13.9. The number of hydrogen-bond donors (Lipinski definition) is 2. The summed E-state index contributed by atoms with van der Waals surface area (Å²) in [6.45, 7) is 3.72. The van der Waals surface area contributed by atoms with Crippen molar-refractivity contribution in [2.75, 3.05) is 0 Å². The van der Waals surface area contributed by atoms with E-state index in [1.165, 1.54) is 0 Å². The summed E-state index contributed by atoms with van der Waals surface area (Å²) in [5.74, 6) is -0.197. The van der Waals surface area contributed by atoms with E-state index in [4.69, 9.17) is 0 Å². The summed E-state index contributed by atoms with van der Waals surface area (Å²) in [6, 6.07) is 0. The maximum atomic E-state index is 11.8. The van der Waals surface area contributed by atoms with Crippen molar-refractivity contribution in [2.45, 2.75) is 64.3 Å². The van der Waals surface area contributed by atoms with Gasteiger partial charge in [0.15, 0.2) is 0 Å². The summed E-state index contributed by atoms with van der Waals surface area (Å²) >= 11 is 0. The summed E-state index contributed by atoms with van der Waals surface area (Å²) in [7, 11) is 0. The Balaban J connectivity index is 2.01. The fourth-order valence-corrected chi connectivity index (χ4v) is 5.78. The van der Waals surface area contributed by atoms with Gasteiger partial charge >= 0.3 is 5.97 Å². The molecule has 0 unspecified atom stereocenters. The Morgan fingerprint density at radius 3 is 2.53 bits per heavy atom. The maximum absolute atomic E-state index is 11.8. The number of rotatable bonds is 3. The molecule has 1 amide bonds. The molecule has 4 bridgehead atoms. The minimum absolute atomic E-state index is 0.0197. The van der Waals surface area contributed by atoms with Crippen molar-refractivity contribution in [2.24, 2.45) is 16.7 Å². The molecule has 19 heavy (non-hydrogen) atoms. The second-order valence-electron chi connectivity index (χ2n) is 7.41. The highest BCUT2D eigenvalue weighted by molar-refractivity contribution is 5.77. The Morgan fingerprint density at radius 2 is 1.95 bits per heavy atom. The van der Waals surface area contributed by atoms with E-state index in [-0.39, 0.29) is 16.9 Å². The van der Waals surface area contributed by atoms with Crippen molar-refractivity contribution in [1.82, 2.24) is 5.32 Å². The van der Waals surface area contributed by atoms with Crippen LogP contribution in [0.4, 0.5) is 0 Å². The lowest BCUT2D eigenvalue weighted by Crippen LogP contribution is -2.67. The van der Waals surface area contributed by atoms with E-state index in [1.54, 1.807) is 6.92 Å².